The molecule has 0 heterocycles. The average Bonchev–Trinajstić information content (AvgIpc) is 3.15. The van der Waals surface area contributed by atoms with E-state index in [1.807, 2.05) is 24.3 Å². The molecule has 0 amide bonds. The summed E-state index contributed by atoms with van der Waals surface area (Å²) < 4.78 is 0. The molecule has 4 rings (SSSR count). The first-order valence-electron chi connectivity index (χ1n) is 21.3. The Hall–Kier alpha value is -3.52. The van der Waals surface area contributed by atoms with Crippen molar-refractivity contribution in [3.63, 3.8) is 0 Å². The van der Waals surface area contributed by atoms with Crippen LogP contribution in [0.5, 0.6) is 0 Å². The summed E-state index contributed by atoms with van der Waals surface area (Å²) in [6, 6.07) is 16.8. The third-order valence-electron chi connectivity index (χ3n) is 12.9. The zero-order valence-corrected chi connectivity index (χ0v) is 35.2. The Kier molecular flexibility index (Phi) is 17.0. The van der Waals surface area contributed by atoms with Gasteiger partial charge in [0.2, 0.25) is 0 Å². The fourth-order valence-electron chi connectivity index (χ4n) is 8.80. The first-order valence-corrected chi connectivity index (χ1v) is 21.3. The van der Waals surface area contributed by atoms with Crippen LogP contribution in [0.2, 0.25) is 0 Å². The molecule has 0 radical (unpaired) electrons. The van der Waals surface area contributed by atoms with Gasteiger partial charge in [-0.05, 0) is 196 Å². The maximum Gasteiger partial charge on any atom is 0.0314 e. The van der Waals surface area contributed by atoms with Gasteiger partial charge in [0.05, 0.1) is 0 Å². The number of nitrogens with two attached hydrogens (primary N) is 2. The van der Waals surface area contributed by atoms with Crippen LogP contribution in [0.25, 0.3) is 0 Å². The number of benzene rings is 4. The number of hydrogen-bond acceptors (Lipinski definition) is 2. The Morgan fingerprint density at radius 2 is 0.491 bits per heavy atom. The van der Waals surface area contributed by atoms with E-state index in [2.05, 4.69) is 79.7 Å². The van der Waals surface area contributed by atoms with Crippen LogP contribution in [0.15, 0.2) is 48.5 Å². The molecular weight excluding hydrogens is 641 g/mol. The van der Waals surface area contributed by atoms with Crippen LogP contribution in [-0.2, 0) is 25.7 Å². The summed E-state index contributed by atoms with van der Waals surface area (Å²) in [6.45, 7) is 18.7. The third kappa shape index (κ3) is 12.2. The molecule has 0 saturated carbocycles. The molecule has 0 saturated heterocycles. The minimum Gasteiger partial charge on any atom is -0.399 e. The van der Waals surface area contributed by atoms with E-state index in [-0.39, 0.29) is 0 Å². The molecule has 0 aromatic heterocycles. The summed E-state index contributed by atoms with van der Waals surface area (Å²) >= 11 is 0. The van der Waals surface area contributed by atoms with E-state index in [4.69, 9.17) is 11.5 Å². The van der Waals surface area contributed by atoms with Crippen molar-refractivity contribution in [2.24, 2.45) is 0 Å². The summed E-state index contributed by atoms with van der Waals surface area (Å²) in [6.07, 6.45) is 25.3. The predicted molar refractivity (Wildman–Crippen MR) is 235 cm³/mol. The van der Waals surface area contributed by atoms with Crippen molar-refractivity contribution in [3.8, 4) is 0 Å². The second kappa shape index (κ2) is 21.4. The van der Waals surface area contributed by atoms with E-state index in [0.29, 0.717) is 0 Å². The Bertz CT molecular complexity index is 1540. The van der Waals surface area contributed by atoms with E-state index >= 15 is 0 Å². The molecule has 288 valence electrons. The van der Waals surface area contributed by atoms with Gasteiger partial charge in [0, 0.05) is 11.4 Å². The summed E-state index contributed by atoms with van der Waals surface area (Å²) in [5.74, 6) is 0. The van der Waals surface area contributed by atoms with E-state index < -0.39 is 0 Å². The van der Waals surface area contributed by atoms with E-state index in [1.165, 1.54) is 176 Å². The Balaban J connectivity index is 1.01. The molecule has 4 N–H and O–H groups in total. The minimum absolute atomic E-state index is 0.838. The largest absolute Gasteiger partial charge is 0.399 e. The summed E-state index contributed by atoms with van der Waals surface area (Å²) in [5, 5.41) is 0. The average molecular weight is 715 g/mol. The molecule has 0 fully saturated rings. The van der Waals surface area contributed by atoms with E-state index in [1.54, 1.807) is 11.1 Å². The van der Waals surface area contributed by atoms with Crippen LogP contribution < -0.4 is 11.5 Å². The van der Waals surface area contributed by atoms with Crippen molar-refractivity contribution >= 4 is 11.4 Å². The van der Waals surface area contributed by atoms with Gasteiger partial charge in [0.25, 0.3) is 0 Å². The molecule has 53 heavy (non-hydrogen) atoms. The molecule has 0 atom stereocenters. The summed E-state index contributed by atoms with van der Waals surface area (Å²) in [7, 11) is 0. The van der Waals surface area contributed by atoms with Crippen LogP contribution in [0, 0.1) is 55.4 Å². The van der Waals surface area contributed by atoms with E-state index in [9.17, 15) is 0 Å². The first-order chi connectivity index (χ1) is 25.5. The highest BCUT2D eigenvalue weighted by molar-refractivity contribution is 5.53. The molecule has 0 unspecified atom stereocenters. The van der Waals surface area contributed by atoms with Crippen LogP contribution >= 0.6 is 0 Å². The maximum absolute atomic E-state index is 5.92. The normalized spacial score (nSPS) is 11.5. The molecule has 4 aromatic carbocycles. The van der Waals surface area contributed by atoms with Crippen molar-refractivity contribution in [1.82, 2.24) is 0 Å². The summed E-state index contributed by atoms with van der Waals surface area (Å²) in [4.78, 5) is 0. The monoisotopic (exact) mass is 715 g/mol. The third-order valence-corrected chi connectivity index (χ3v) is 12.9. The molecular formula is C51H74N2. The smallest absolute Gasteiger partial charge is 0.0314 e. The SMILES string of the molecule is Cc1c(C)c(Cc2ccc(N)cc2)c(C)c(C)c1CCCCCCCCCCCCCCCCCc1c(C)c(C)c(Cc2ccc(N)cc2)c(C)c1C. The molecule has 2 nitrogen and oxygen atoms in total. The topological polar surface area (TPSA) is 52.0 Å². The van der Waals surface area contributed by atoms with Gasteiger partial charge in [0.1, 0.15) is 0 Å². The van der Waals surface area contributed by atoms with Gasteiger partial charge < -0.3 is 11.5 Å². The lowest BCUT2D eigenvalue weighted by Crippen LogP contribution is -2.06. The number of rotatable bonds is 22. The van der Waals surface area contributed by atoms with Gasteiger partial charge in [-0.15, -0.1) is 0 Å². The predicted octanol–water partition coefficient (Wildman–Crippen LogP) is 14.1. The fourth-order valence-corrected chi connectivity index (χ4v) is 8.80. The minimum atomic E-state index is 0.838. The highest BCUT2D eigenvalue weighted by Gasteiger charge is 2.16. The van der Waals surface area contributed by atoms with Crippen molar-refractivity contribution in [2.45, 2.75) is 177 Å². The zero-order valence-electron chi connectivity index (χ0n) is 35.2. The van der Waals surface area contributed by atoms with Crippen LogP contribution in [0.3, 0.4) is 0 Å². The van der Waals surface area contributed by atoms with Gasteiger partial charge in [-0.1, -0.05) is 108 Å². The first kappa shape index (κ1) is 42.2. The molecule has 2 heteroatoms. The van der Waals surface area contributed by atoms with E-state index in [0.717, 1.165) is 24.2 Å². The van der Waals surface area contributed by atoms with Crippen LogP contribution in [0.4, 0.5) is 11.4 Å². The van der Waals surface area contributed by atoms with Gasteiger partial charge in [-0.2, -0.15) is 0 Å². The van der Waals surface area contributed by atoms with Gasteiger partial charge in [-0.25, -0.2) is 0 Å². The van der Waals surface area contributed by atoms with Gasteiger partial charge >= 0.3 is 0 Å². The van der Waals surface area contributed by atoms with Crippen molar-refractivity contribution < 1.29 is 0 Å². The number of hydrogen-bond donors (Lipinski definition) is 2. The highest BCUT2D eigenvalue weighted by Crippen LogP contribution is 2.32. The Morgan fingerprint density at radius 3 is 0.736 bits per heavy atom. The lowest BCUT2D eigenvalue weighted by molar-refractivity contribution is 0.530. The number of anilines is 2. The van der Waals surface area contributed by atoms with Crippen molar-refractivity contribution in [1.29, 1.82) is 0 Å². The fraction of sp³-hybridized carbons (Fsp3) is 0.529. The van der Waals surface area contributed by atoms with Crippen molar-refractivity contribution in [2.75, 3.05) is 11.5 Å². The lowest BCUT2D eigenvalue weighted by atomic mass is 9.84. The Labute approximate surface area is 325 Å². The molecule has 4 aromatic rings. The molecule has 0 aliphatic heterocycles. The molecule has 0 spiro atoms. The Morgan fingerprint density at radius 1 is 0.283 bits per heavy atom. The van der Waals surface area contributed by atoms with Crippen molar-refractivity contribution in [3.05, 3.63) is 126 Å². The quantitative estimate of drug-likeness (QED) is 0.0629. The molecule has 0 aliphatic rings. The van der Waals surface area contributed by atoms with Gasteiger partial charge in [0.15, 0.2) is 0 Å². The summed E-state index contributed by atoms with van der Waals surface area (Å²) in [5.41, 5.74) is 34.4. The second-order valence-corrected chi connectivity index (χ2v) is 16.6. The number of unbranched alkanes of at least 4 members (excludes halogenated alkanes) is 14. The lowest BCUT2D eigenvalue weighted by Gasteiger charge is -2.21. The second-order valence-electron chi connectivity index (χ2n) is 16.6. The highest BCUT2D eigenvalue weighted by atomic mass is 14.5. The number of nitrogen functional groups attached to an aromatic ring is 2. The molecule has 0 bridgehead atoms. The zero-order chi connectivity index (χ0) is 38.3. The standard InChI is InChI=1S/C51H74N2/c1-36-40(5)50(34-44-26-30-46(52)31-27-44)41(6)37(2)48(36)24-22-20-18-16-14-12-10-9-11-13-15-17-19-21-23-25-49-38(3)42(7)51(43(8)39(49)4)35-45-28-32-47(53)33-29-45/h26-33H,9-25,34-35,52-53H2,1-8H3. The van der Waals surface area contributed by atoms with Crippen LogP contribution in [0.1, 0.15) is 174 Å². The maximum atomic E-state index is 5.92. The van der Waals surface area contributed by atoms with Gasteiger partial charge in [-0.3, -0.25) is 0 Å². The van der Waals surface area contributed by atoms with Crippen LogP contribution in [-0.4, -0.2) is 0 Å². The molecule has 0 aliphatic carbocycles.